The molecule has 0 atom stereocenters. The predicted molar refractivity (Wildman–Crippen MR) is 111 cm³/mol. The SMILES string of the molecule is COc1ccc(C=C2C(=O)OC(C)(C)OC2=O)cc1COc1ccc(Cl)cc1Br. The number of carbonyl (C=O) groups excluding carboxylic acids is 2. The fraction of sp³-hybridized carbons (Fsp3) is 0.238. The van der Waals surface area contributed by atoms with Gasteiger partial charge in [-0.15, -0.1) is 0 Å². The van der Waals surface area contributed by atoms with Crippen molar-refractivity contribution in [3.05, 3.63) is 62.6 Å². The number of benzene rings is 2. The highest BCUT2D eigenvalue weighted by Gasteiger charge is 2.38. The average Bonchev–Trinajstić information content (AvgIpc) is 2.63. The van der Waals surface area contributed by atoms with Gasteiger partial charge in [-0.2, -0.15) is 0 Å². The number of rotatable bonds is 5. The van der Waals surface area contributed by atoms with Crippen molar-refractivity contribution in [3.8, 4) is 11.5 Å². The molecule has 1 saturated heterocycles. The Bertz CT molecular complexity index is 977. The monoisotopic (exact) mass is 480 g/mol. The first kappa shape index (κ1) is 21.2. The molecular weight excluding hydrogens is 464 g/mol. The first-order valence-corrected chi connectivity index (χ1v) is 9.79. The summed E-state index contributed by atoms with van der Waals surface area (Å²) < 4.78 is 22.2. The Balaban J connectivity index is 1.85. The van der Waals surface area contributed by atoms with Gasteiger partial charge in [0.25, 0.3) is 5.79 Å². The van der Waals surface area contributed by atoms with Crippen molar-refractivity contribution in [2.75, 3.05) is 7.11 Å². The van der Waals surface area contributed by atoms with E-state index in [4.69, 9.17) is 30.5 Å². The van der Waals surface area contributed by atoms with Gasteiger partial charge in [0, 0.05) is 24.4 Å². The van der Waals surface area contributed by atoms with E-state index in [1.165, 1.54) is 19.9 Å². The second kappa shape index (κ2) is 8.47. The third-order valence-electron chi connectivity index (χ3n) is 4.01. The maximum atomic E-state index is 12.2. The van der Waals surface area contributed by atoms with Crippen molar-refractivity contribution < 1.29 is 28.5 Å². The lowest BCUT2D eigenvalue weighted by molar-refractivity contribution is -0.222. The van der Waals surface area contributed by atoms with E-state index in [-0.39, 0.29) is 12.2 Å². The molecule has 1 heterocycles. The summed E-state index contributed by atoms with van der Waals surface area (Å²) in [5.41, 5.74) is 1.14. The summed E-state index contributed by atoms with van der Waals surface area (Å²) in [6, 6.07) is 10.4. The van der Waals surface area contributed by atoms with Crippen LogP contribution < -0.4 is 9.47 Å². The lowest BCUT2D eigenvalue weighted by Gasteiger charge is -2.29. The zero-order valence-corrected chi connectivity index (χ0v) is 18.3. The second-order valence-corrected chi connectivity index (χ2v) is 7.96. The number of hydrogen-bond donors (Lipinski definition) is 0. The smallest absolute Gasteiger partial charge is 0.348 e. The highest BCUT2D eigenvalue weighted by molar-refractivity contribution is 9.10. The highest BCUT2D eigenvalue weighted by atomic mass is 79.9. The largest absolute Gasteiger partial charge is 0.496 e. The zero-order valence-electron chi connectivity index (χ0n) is 16.0. The van der Waals surface area contributed by atoms with E-state index in [1.807, 2.05) is 0 Å². The van der Waals surface area contributed by atoms with Crippen LogP contribution in [0.1, 0.15) is 25.0 Å². The maximum absolute atomic E-state index is 12.2. The van der Waals surface area contributed by atoms with Crippen LogP contribution in [0, 0.1) is 0 Å². The van der Waals surface area contributed by atoms with Crippen molar-refractivity contribution in [1.82, 2.24) is 0 Å². The molecule has 0 aromatic heterocycles. The summed E-state index contributed by atoms with van der Waals surface area (Å²) in [5.74, 6) is -1.53. The van der Waals surface area contributed by atoms with Crippen LogP contribution in [-0.4, -0.2) is 24.8 Å². The van der Waals surface area contributed by atoms with Gasteiger partial charge in [0.15, 0.2) is 0 Å². The Kier molecular flexibility index (Phi) is 6.19. The molecule has 1 aliphatic heterocycles. The molecule has 6 nitrogen and oxygen atoms in total. The minimum atomic E-state index is -1.28. The molecule has 2 aromatic rings. The van der Waals surface area contributed by atoms with E-state index in [1.54, 1.807) is 43.5 Å². The third-order valence-corrected chi connectivity index (χ3v) is 4.86. The number of carbonyl (C=O) groups is 2. The zero-order chi connectivity index (χ0) is 21.2. The van der Waals surface area contributed by atoms with Crippen LogP contribution in [0.3, 0.4) is 0 Å². The Morgan fingerprint density at radius 2 is 1.72 bits per heavy atom. The molecule has 1 aliphatic rings. The molecule has 3 rings (SSSR count). The minimum absolute atomic E-state index is 0.179. The third kappa shape index (κ3) is 5.10. The van der Waals surface area contributed by atoms with Crippen molar-refractivity contribution in [3.63, 3.8) is 0 Å². The van der Waals surface area contributed by atoms with Gasteiger partial charge in [0.05, 0.1) is 11.6 Å². The van der Waals surface area contributed by atoms with Crippen LogP contribution in [0.4, 0.5) is 0 Å². The summed E-state index contributed by atoms with van der Waals surface area (Å²) in [4.78, 5) is 24.3. The van der Waals surface area contributed by atoms with Gasteiger partial charge in [-0.05, 0) is 57.9 Å². The summed E-state index contributed by atoms with van der Waals surface area (Å²) in [6.07, 6.45) is 1.42. The molecule has 0 spiro atoms. The van der Waals surface area contributed by atoms with E-state index in [0.29, 0.717) is 22.1 Å². The molecule has 0 unspecified atom stereocenters. The van der Waals surface area contributed by atoms with Crippen LogP contribution in [0.2, 0.25) is 5.02 Å². The van der Waals surface area contributed by atoms with Gasteiger partial charge in [0.1, 0.15) is 23.7 Å². The molecule has 8 heteroatoms. The number of hydrogen-bond acceptors (Lipinski definition) is 6. The van der Waals surface area contributed by atoms with E-state index in [2.05, 4.69) is 15.9 Å². The number of cyclic esters (lactones) is 2. The molecule has 0 amide bonds. The summed E-state index contributed by atoms with van der Waals surface area (Å²) >= 11 is 9.35. The van der Waals surface area contributed by atoms with E-state index in [9.17, 15) is 9.59 Å². The molecule has 0 bridgehead atoms. The lowest BCUT2D eigenvalue weighted by atomic mass is 10.1. The Morgan fingerprint density at radius 1 is 1.07 bits per heavy atom. The molecule has 0 saturated carbocycles. The van der Waals surface area contributed by atoms with Crippen LogP contribution in [0.5, 0.6) is 11.5 Å². The van der Waals surface area contributed by atoms with E-state index < -0.39 is 17.7 Å². The molecular formula is C21H18BrClO6. The van der Waals surface area contributed by atoms with Crippen LogP contribution in [0.15, 0.2) is 46.4 Å². The van der Waals surface area contributed by atoms with Crippen LogP contribution in [-0.2, 0) is 25.7 Å². The Hall–Kier alpha value is -2.51. The van der Waals surface area contributed by atoms with Crippen molar-refractivity contribution in [2.45, 2.75) is 26.2 Å². The number of halogens is 2. The standard InChI is InChI=1S/C21H18BrClO6/c1-21(2)28-19(24)15(20(25)29-21)9-12-4-6-17(26-3)13(8-12)11-27-18-7-5-14(23)10-16(18)22/h4-10H,11H2,1-3H3. The summed E-state index contributed by atoms with van der Waals surface area (Å²) in [5, 5.41) is 0.588. The normalized spacial score (nSPS) is 15.4. The van der Waals surface area contributed by atoms with E-state index >= 15 is 0 Å². The fourth-order valence-corrected chi connectivity index (χ4v) is 3.49. The van der Waals surface area contributed by atoms with Gasteiger partial charge in [-0.25, -0.2) is 9.59 Å². The summed E-state index contributed by atoms with van der Waals surface area (Å²) in [6.45, 7) is 3.19. The maximum Gasteiger partial charge on any atom is 0.348 e. The van der Waals surface area contributed by atoms with E-state index in [0.717, 1.165) is 10.0 Å². The molecule has 152 valence electrons. The van der Waals surface area contributed by atoms with Gasteiger partial charge in [-0.3, -0.25) is 0 Å². The summed E-state index contributed by atoms with van der Waals surface area (Å²) in [7, 11) is 1.55. The van der Waals surface area contributed by atoms with Gasteiger partial charge in [-0.1, -0.05) is 17.7 Å². The Labute approximate surface area is 181 Å². The molecule has 0 aliphatic carbocycles. The van der Waals surface area contributed by atoms with Crippen LogP contribution in [0.25, 0.3) is 6.08 Å². The molecule has 1 fully saturated rings. The molecule has 0 radical (unpaired) electrons. The first-order valence-electron chi connectivity index (χ1n) is 8.61. The minimum Gasteiger partial charge on any atom is -0.496 e. The fourth-order valence-electron chi connectivity index (χ4n) is 2.69. The number of ether oxygens (including phenoxy) is 4. The average molecular weight is 482 g/mol. The number of esters is 2. The van der Waals surface area contributed by atoms with Crippen molar-refractivity contribution in [1.29, 1.82) is 0 Å². The van der Waals surface area contributed by atoms with Crippen LogP contribution >= 0.6 is 27.5 Å². The quantitative estimate of drug-likeness (QED) is 0.343. The number of methoxy groups -OCH3 is 1. The topological polar surface area (TPSA) is 71.1 Å². The van der Waals surface area contributed by atoms with Gasteiger partial charge in [0.2, 0.25) is 0 Å². The van der Waals surface area contributed by atoms with Crippen molar-refractivity contribution in [2.24, 2.45) is 0 Å². The Morgan fingerprint density at radius 3 is 2.34 bits per heavy atom. The van der Waals surface area contributed by atoms with Gasteiger partial charge < -0.3 is 18.9 Å². The molecule has 29 heavy (non-hydrogen) atoms. The molecule has 2 aromatic carbocycles. The van der Waals surface area contributed by atoms with Crippen molar-refractivity contribution >= 4 is 45.5 Å². The lowest BCUT2D eigenvalue weighted by Crippen LogP contribution is -2.41. The first-order chi connectivity index (χ1) is 13.7. The highest BCUT2D eigenvalue weighted by Crippen LogP contribution is 2.30. The van der Waals surface area contributed by atoms with Gasteiger partial charge >= 0.3 is 11.9 Å². The second-order valence-electron chi connectivity index (χ2n) is 6.67. The molecule has 0 N–H and O–H groups in total. The predicted octanol–water partition coefficient (Wildman–Crippen LogP) is 4.91.